The van der Waals surface area contributed by atoms with E-state index in [-0.39, 0.29) is 11.6 Å². The van der Waals surface area contributed by atoms with E-state index in [0.717, 1.165) is 19.5 Å². The Balaban J connectivity index is 2.13. The summed E-state index contributed by atoms with van der Waals surface area (Å²) in [5.41, 5.74) is 1.36. The highest BCUT2D eigenvalue weighted by Gasteiger charge is 2.25. The van der Waals surface area contributed by atoms with Crippen molar-refractivity contribution in [2.75, 3.05) is 18.4 Å². The van der Waals surface area contributed by atoms with Gasteiger partial charge in [0, 0.05) is 18.8 Å². The van der Waals surface area contributed by atoms with E-state index in [0.29, 0.717) is 23.1 Å². The van der Waals surface area contributed by atoms with Crippen molar-refractivity contribution in [2.45, 2.75) is 27.2 Å². The minimum Gasteiger partial charge on any atom is -0.478 e. The predicted molar refractivity (Wildman–Crippen MR) is 81.7 cm³/mol. The lowest BCUT2D eigenvalue weighted by Crippen LogP contribution is -2.44. The van der Waals surface area contributed by atoms with Gasteiger partial charge in [-0.05, 0) is 42.9 Å². The Kier molecular flexibility index (Phi) is 4.50. The van der Waals surface area contributed by atoms with E-state index in [9.17, 15) is 9.59 Å². The van der Waals surface area contributed by atoms with E-state index >= 15 is 0 Å². The van der Waals surface area contributed by atoms with E-state index in [1.807, 2.05) is 4.90 Å². The van der Waals surface area contributed by atoms with Crippen LogP contribution in [0.25, 0.3) is 0 Å². The van der Waals surface area contributed by atoms with Gasteiger partial charge in [0.1, 0.15) is 0 Å². The smallest absolute Gasteiger partial charge is 0.336 e. The number of likely N-dealkylation sites (tertiary alicyclic amines) is 1. The third kappa shape index (κ3) is 3.54. The van der Waals surface area contributed by atoms with Gasteiger partial charge in [0.2, 0.25) is 0 Å². The summed E-state index contributed by atoms with van der Waals surface area (Å²) in [6, 6.07) is 4.77. The number of hydrogen-bond donors (Lipinski definition) is 2. The van der Waals surface area contributed by atoms with Crippen molar-refractivity contribution in [3.63, 3.8) is 0 Å². The van der Waals surface area contributed by atoms with Gasteiger partial charge >= 0.3 is 12.0 Å². The number of carbonyl (C=O) groups is 2. The molecule has 0 aromatic heterocycles. The molecule has 0 aliphatic carbocycles. The number of nitrogens with one attached hydrogen (secondary N) is 1. The molecule has 1 aliphatic heterocycles. The summed E-state index contributed by atoms with van der Waals surface area (Å²) >= 11 is 0. The average molecular weight is 290 g/mol. The number of hydrogen-bond acceptors (Lipinski definition) is 2. The first-order valence-electron chi connectivity index (χ1n) is 7.27. The molecule has 1 aromatic carbocycles. The molecule has 5 nitrogen and oxygen atoms in total. The Labute approximate surface area is 125 Å². The molecule has 2 atom stereocenters. The van der Waals surface area contributed by atoms with Crippen LogP contribution in [-0.2, 0) is 0 Å². The van der Waals surface area contributed by atoms with Crippen LogP contribution in [0.3, 0.4) is 0 Å². The van der Waals surface area contributed by atoms with Gasteiger partial charge in [-0.1, -0.05) is 19.9 Å². The first kappa shape index (κ1) is 15.4. The number of carboxylic acid groups (broad SMARTS) is 1. The number of amides is 2. The standard InChI is InChI=1S/C16H22N2O3/c1-10-7-11(2)9-18(8-10)16(21)17-14-6-4-5-13(12(14)3)15(19)20/h4-6,10-11H,7-9H2,1-3H3,(H,17,21)(H,19,20). The molecule has 0 radical (unpaired) electrons. The highest BCUT2D eigenvalue weighted by molar-refractivity contribution is 5.95. The number of urea groups is 1. The van der Waals surface area contributed by atoms with Gasteiger partial charge in [-0.3, -0.25) is 0 Å². The van der Waals surface area contributed by atoms with Gasteiger partial charge in [-0.25, -0.2) is 9.59 Å². The molecule has 1 saturated heterocycles. The van der Waals surface area contributed by atoms with E-state index in [1.54, 1.807) is 25.1 Å². The monoisotopic (exact) mass is 290 g/mol. The molecular formula is C16H22N2O3. The fourth-order valence-electron chi connectivity index (χ4n) is 3.03. The maximum absolute atomic E-state index is 12.4. The van der Waals surface area contributed by atoms with Crippen molar-refractivity contribution in [2.24, 2.45) is 11.8 Å². The Hall–Kier alpha value is -2.04. The fraction of sp³-hybridized carbons (Fsp3) is 0.500. The van der Waals surface area contributed by atoms with E-state index < -0.39 is 5.97 Å². The van der Waals surface area contributed by atoms with Crippen LogP contribution in [0.4, 0.5) is 10.5 Å². The van der Waals surface area contributed by atoms with Crippen molar-refractivity contribution < 1.29 is 14.7 Å². The summed E-state index contributed by atoms with van der Waals surface area (Å²) in [6.45, 7) is 7.49. The molecule has 2 rings (SSSR count). The van der Waals surface area contributed by atoms with Crippen LogP contribution in [0, 0.1) is 18.8 Å². The van der Waals surface area contributed by atoms with Crippen molar-refractivity contribution in [3.8, 4) is 0 Å². The molecule has 2 N–H and O–H groups in total. The zero-order valence-electron chi connectivity index (χ0n) is 12.7. The summed E-state index contributed by atoms with van der Waals surface area (Å²) in [4.78, 5) is 25.3. The van der Waals surface area contributed by atoms with Gasteiger partial charge in [-0.15, -0.1) is 0 Å². The van der Waals surface area contributed by atoms with Gasteiger partial charge < -0.3 is 15.3 Å². The largest absolute Gasteiger partial charge is 0.478 e. The van der Waals surface area contributed by atoms with Crippen LogP contribution in [0.15, 0.2) is 18.2 Å². The molecule has 1 aromatic rings. The zero-order valence-corrected chi connectivity index (χ0v) is 12.7. The molecule has 5 heteroatoms. The Morgan fingerprint density at radius 2 is 1.86 bits per heavy atom. The van der Waals surface area contributed by atoms with E-state index in [4.69, 9.17) is 5.11 Å². The van der Waals surface area contributed by atoms with Crippen LogP contribution in [0.5, 0.6) is 0 Å². The SMILES string of the molecule is Cc1c(NC(=O)N2CC(C)CC(C)C2)cccc1C(=O)O. The lowest BCUT2D eigenvalue weighted by Gasteiger charge is -2.35. The summed E-state index contributed by atoms with van der Waals surface area (Å²) in [5, 5.41) is 12.0. The molecule has 1 fully saturated rings. The lowest BCUT2D eigenvalue weighted by atomic mass is 9.92. The number of benzene rings is 1. The zero-order chi connectivity index (χ0) is 15.6. The van der Waals surface area contributed by atoms with Crippen molar-refractivity contribution in [1.82, 2.24) is 4.90 Å². The molecule has 0 saturated carbocycles. The minimum absolute atomic E-state index is 0.154. The third-order valence-electron chi connectivity index (χ3n) is 3.96. The van der Waals surface area contributed by atoms with Crippen LogP contribution in [0.1, 0.15) is 36.2 Å². The first-order chi connectivity index (χ1) is 9.88. The number of nitrogens with zero attached hydrogens (tertiary/aromatic N) is 1. The maximum atomic E-state index is 12.4. The topological polar surface area (TPSA) is 69.6 Å². The summed E-state index contributed by atoms with van der Waals surface area (Å²) in [5.74, 6) is 0.000664. The number of piperidine rings is 1. The molecular weight excluding hydrogens is 268 g/mol. The van der Waals surface area contributed by atoms with E-state index in [1.165, 1.54) is 0 Å². The summed E-state index contributed by atoms with van der Waals surface area (Å²) < 4.78 is 0. The number of carboxylic acids is 1. The molecule has 1 heterocycles. The third-order valence-corrected chi connectivity index (χ3v) is 3.96. The molecule has 0 spiro atoms. The van der Waals surface area contributed by atoms with Gasteiger partial charge in [0.05, 0.1) is 5.56 Å². The van der Waals surface area contributed by atoms with Crippen LogP contribution in [0.2, 0.25) is 0 Å². The van der Waals surface area contributed by atoms with Crippen LogP contribution < -0.4 is 5.32 Å². The Morgan fingerprint density at radius 3 is 2.43 bits per heavy atom. The Morgan fingerprint density at radius 1 is 1.24 bits per heavy atom. The average Bonchev–Trinajstić information content (AvgIpc) is 2.39. The molecule has 2 unspecified atom stereocenters. The summed E-state index contributed by atoms with van der Waals surface area (Å²) in [7, 11) is 0. The lowest BCUT2D eigenvalue weighted by molar-refractivity contribution is 0.0696. The van der Waals surface area contributed by atoms with Crippen LogP contribution >= 0.6 is 0 Å². The fourth-order valence-corrected chi connectivity index (χ4v) is 3.03. The molecule has 1 aliphatic rings. The predicted octanol–water partition coefficient (Wildman–Crippen LogP) is 3.20. The maximum Gasteiger partial charge on any atom is 0.336 e. The van der Waals surface area contributed by atoms with Crippen molar-refractivity contribution >= 4 is 17.7 Å². The van der Waals surface area contributed by atoms with Crippen molar-refractivity contribution in [3.05, 3.63) is 29.3 Å². The highest BCUT2D eigenvalue weighted by Crippen LogP contribution is 2.23. The van der Waals surface area contributed by atoms with Gasteiger partial charge in [0.15, 0.2) is 0 Å². The quantitative estimate of drug-likeness (QED) is 0.878. The van der Waals surface area contributed by atoms with Crippen LogP contribution in [-0.4, -0.2) is 35.1 Å². The Bertz CT molecular complexity index is 546. The first-order valence-corrected chi connectivity index (χ1v) is 7.27. The normalized spacial score (nSPS) is 22.0. The number of anilines is 1. The number of aromatic carboxylic acids is 1. The highest BCUT2D eigenvalue weighted by atomic mass is 16.4. The molecule has 0 bridgehead atoms. The number of rotatable bonds is 2. The second-order valence-electron chi connectivity index (χ2n) is 6.06. The van der Waals surface area contributed by atoms with E-state index in [2.05, 4.69) is 19.2 Å². The summed E-state index contributed by atoms with van der Waals surface area (Å²) in [6.07, 6.45) is 1.14. The second-order valence-corrected chi connectivity index (χ2v) is 6.06. The molecule has 2 amide bonds. The van der Waals surface area contributed by atoms with Gasteiger partial charge in [0.25, 0.3) is 0 Å². The number of carbonyl (C=O) groups excluding carboxylic acids is 1. The van der Waals surface area contributed by atoms with Gasteiger partial charge in [-0.2, -0.15) is 0 Å². The minimum atomic E-state index is -0.983. The molecule has 21 heavy (non-hydrogen) atoms. The van der Waals surface area contributed by atoms with Crippen molar-refractivity contribution in [1.29, 1.82) is 0 Å². The second kappa shape index (κ2) is 6.16. The molecule has 114 valence electrons.